The Morgan fingerprint density at radius 3 is 2.31 bits per heavy atom. The normalized spacial score (nSPS) is 10.5. The summed E-state index contributed by atoms with van der Waals surface area (Å²) in [6.07, 6.45) is 0. The van der Waals surface area contributed by atoms with Crippen LogP contribution in [-0.2, 0) is 4.39 Å². The molecule has 0 amide bonds. The second kappa shape index (κ2) is 4.35. The first-order valence-electron chi connectivity index (χ1n) is 3.14. The molecule has 72 valence electrons. The van der Waals surface area contributed by atoms with Gasteiger partial charge < -0.3 is 9.32 Å². The van der Waals surface area contributed by atoms with Gasteiger partial charge in [0.05, 0.1) is 5.69 Å². The van der Waals surface area contributed by atoms with Crippen molar-refractivity contribution in [1.29, 1.82) is 0 Å². The minimum atomic E-state index is -2.42. The van der Waals surface area contributed by atoms with Crippen LogP contribution in [0.25, 0.3) is 0 Å². The third-order valence-corrected chi connectivity index (χ3v) is 1.47. The van der Waals surface area contributed by atoms with E-state index in [1.165, 1.54) is 12.1 Å². The maximum absolute atomic E-state index is 12.4. The first kappa shape index (κ1) is 10.2. The number of rotatable bonds is 3. The van der Waals surface area contributed by atoms with E-state index in [1.54, 1.807) is 0 Å². The van der Waals surface area contributed by atoms with E-state index in [-0.39, 0.29) is 5.69 Å². The quantitative estimate of drug-likeness (QED) is 0.484. The summed E-state index contributed by atoms with van der Waals surface area (Å²) in [5, 5.41) is 0.500. The van der Waals surface area contributed by atoms with Crippen LogP contribution in [0.4, 0.5) is 10.1 Å². The summed E-state index contributed by atoms with van der Waals surface area (Å²) < 4.78 is 36.4. The molecular weight excluding hydrogens is 203 g/mol. The molecule has 0 spiro atoms. The van der Waals surface area contributed by atoms with Gasteiger partial charge in [0.1, 0.15) is 5.82 Å². The lowest BCUT2D eigenvalue weighted by molar-refractivity contribution is -1.63. The van der Waals surface area contributed by atoms with Gasteiger partial charge in [-0.25, -0.2) is 10.2 Å². The number of halogens is 2. The van der Waals surface area contributed by atoms with Crippen molar-refractivity contribution in [1.82, 2.24) is 0 Å². The third-order valence-electron chi connectivity index (χ3n) is 1.21. The van der Waals surface area contributed by atoms with Crippen molar-refractivity contribution in [3.63, 3.8) is 0 Å². The van der Waals surface area contributed by atoms with Crippen molar-refractivity contribution in [2.75, 3.05) is 5.17 Å². The molecule has 0 saturated heterocycles. The average molecular weight is 209 g/mol. The van der Waals surface area contributed by atoms with Crippen molar-refractivity contribution < 1.29 is 28.9 Å². The molecule has 0 saturated carbocycles. The number of benzene rings is 1. The fourth-order valence-corrected chi connectivity index (χ4v) is 0.890. The zero-order chi connectivity index (χ0) is 9.84. The lowest BCUT2D eigenvalue weighted by Gasteiger charge is -2.08. The van der Waals surface area contributed by atoms with Crippen molar-refractivity contribution in [3.05, 3.63) is 30.1 Å². The summed E-state index contributed by atoms with van der Waals surface area (Å²) in [7, 11) is -2.42. The Labute approximate surface area is 76.5 Å². The highest BCUT2D eigenvalue weighted by Crippen LogP contribution is 2.11. The van der Waals surface area contributed by atoms with Gasteiger partial charge >= 0.3 is 10.8 Å². The smallest absolute Gasteiger partial charge is 0.318 e. The Morgan fingerprint density at radius 1 is 1.31 bits per heavy atom. The number of anilines is 1. The molecule has 13 heavy (non-hydrogen) atoms. The van der Waals surface area contributed by atoms with Crippen LogP contribution >= 0.6 is 0 Å². The van der Waals surface area contributed by atoms with Crippen molar-refractivity contribution in [2.24, 2.45) is 5.84 Å². The molecule has 1 aromatic rings. The van der Waals surface area contributed by atoms with Gasteiger partial charge in [-0.05, 0) is 24.3 Å². The van der Waals surface area contributed by atoms with Gasteiger partial charge in [0.25, 0.3) is 0 Å². The summed E-state index contributed by atoms with van der Waals surface area (Å²) in [6.45, 7) is 0. The summed E-state index contributed by atoms with van der Waals surface area (Å²) in [5.74, 6) is 4.69. The van der Waals surface area contributed by atoms with Gasteiger partial charge in [0.15, 0.2) is 4.39 Å². The third kappa shape index (κ3) is 3.13. The highest BCUT2D eigenvalue weighted by Gasteiger charge is 2.15. The van der Waals surface area contributed by atoms with Crippen LogP contribution in [0.5, 0.6) is 0 Å². The van der Waals surface area contributed by atoms with Crippen LogP contribution in [0.3, 0.4) is 0 Å². The van der Waals surface area contributed by atoms with Gasteiger partial charge in [-0.15, -0.1) is 0 Å². The molecule has 0 heterocycles. The molecule has 0 fully saturated rings. The summed E-state index contributed by atoms with van der Waals surface area (Å²) in [5.41, 5.74) is 0.218. The molecule has 0 aliphatic heterocycles. The second-order valence-corrected chi connectivity index (χ2v) is 2.58. The van der Waals surface area contributed by atoms with Crippen LogP contribution < -0.4 is 20.3 Å². The molecule has 0 unspecified atom stereocenters. The van der Waals surface area contributed by atoms with E-state index < -0.39 is 16.6 Å². The van der Waals surface area contributed by atoms with E-state index in [0.717, 1.165) is 12.1 Å². The van der Waals surface area contributed by atoms with Crippen molar-refractivity contribution in [3.8, 4) is 0 Å². The van der Waals surface area contributed by atoms with Crippen LogP contribution in [0.15, 0.2) is 24.3 Å². The van der Waals surface area contributed by atoms with E-state index in [9.17, 15) is 13.7 Å². The van der Waals surface area contributed by atoms with E-state index in [4.69, 9.17) is 5.84 Å². The van der Waals surface area contributed by atoms with Crippen molar-refractivity contribution >= 4 is 5.69 Å². The molecule has 0 aliphatic carbocycles. The van der Waals surface area contributed by atoms with Gasteiger partial charge in [0.2, 0.25) is 0 Å². The lowest BCUT2D eigenvalue weighted by Crippen LogP contribution is -2.44. The fraction of sp³-hybridized carbons (Fsp3) is 0. The zero-order valence-electron chi connectivity index (χ0n) is 6.31. The number of nitrogens with zero attached hydrogens (tertiary/aromatic N) is 1. The van der Waals surface area contributed by atoms with Gasteiger partial charge in [0, 0.05) is 0 Å². The number of hydrogen-bond acceptors (Lipinski definition) is 5. The molecule has 0 aromatic heterocycles. The number of hydrazine groups is 1. The first-order chi connectivity index (χ1) is 6.09. The highest BCUT2D eigenvalue weighted by atomic mass is 35.6. The Bertz CT molecular complexity index is 269. The number of nitrogens with two attached hydrogens (primary N) is 1. The molecule has 0 aliphatic rings. The zero-order valence-corrected chi connectivity index (χ0v) is 7.07. The van der Waals surface area contributed by atoms with Crippen LogP contribution in [0.2, 0.25) is 0 Å². The first-order valence-corrected chi connectivity index (χ1v) is 4.06. The Balaban J connectivity index is 2.66. The van der Waals surface area contributed by atoms with Gasteiger partial charge in [-0.1, -0.05) is 5.17 Å². The Morgan fingerprint density at radius 2 is 1.85 bits per heavy atom. The molecule has 0 bridgehead atoms. The Hall–Kier alpha value is -0.920. The second-order valence-electron chi connectivity index (χ2n) is 2.06. The van der Waals surface area contributed by atoms with Gasteiger partial charge in [-0.3, -0.25) is 0 Å². The predicted octanol–water partition coefficient (Wildman–Crippen LogP) is -1.48. The summed E-state index contributed by atoms with van der Waals surface area (Å²) >= 11 is 0. The topological polar surface area (TPSA) is 84.6 Å². The van der Waals surface area contributed by atoms with E-state index >= 15 is 0 Å². The van der Waals surface area contributed by atoms with Gasteiger partial charge in [-0.2, -0.15) is 0 Å². The molecule has 7 heteroatoms. The Kier molecular flexibility index (Phi) is 3.40. The standard InChI is InChI=1S/C6H6ClFN2O3/c8-5-1-3-6(4-2-5)10(9)13-7(11)12/h1-4H,9H2. The van der Waals surface area contributed by atoms with Crippen molar-refractivity contribution in [2.45, 2.75) is 0 Å². The molecule has 5 nitrogen and oxygen atoms in total. The molecule has 2 N–H and O–H groups in total. The largest absolute Gasteiger partial charge is 0.321 e. The molecule has 1 aromatic carbocycles. The maximum Gasteiger partial charge on any atom is 0.321 e. The molecule has 1 rings (SSSR count). The van der Waals surface area contributed by atoms with E-state index in [1.807, 2.05) is 0 Å². The predicted molar refractivity (Wildman–Crippen MR) is 34.2 cm³/mol. The lowest BCUT2D eigenvalue weighted by atomic mass is 10.3. The fourth-order valence-electron chi connectivity index (χ4n) is 0.689. The minimum absolute atomic E-state index is 0.218. The SMILES string of the molecule is NN(O[Cl+2]([O-])[O-])c1ccc(F)cc1. The summed E-state index contributed by atoms with van der Waals surface area (Å²) in [6, 6.07) is 4.80. The molecule has 0 radical (unpaired) electrons. The monoisotopic (exact) mass is 208 g/mol. The number of hydrogen-bond donors (Lipinski definition) is 1. The van der Waals surface area contributed by atoms with Crippen LogP contribution in [-0.4, -0.2) is 0 Å². The van der Waals surface area contributed by atoms with E-state index in [2.05, 4.69) is 4.39 Å². The van der Waals surface area contributed by atoms with E-state index in [0.29, 0.717) is 5.17 Å². The minimum Gasteiger partial charge on any atom is -0.318 e. The molecule has 0 atom stereocenters. The van der Waals surface area contributed by atoms with Crippen LogP contribution in [0.1, 0.15) is 0 Å². The maximum atomic E-state index is 12.4. The van der Waals surface area contributed by atoms with Crippen LogP contribution in [0, 0.1) is 16.6 Å². The average Bonchev–Trinajstić information content (AvgIpc) is 2.04. The molecular formula is C6H6ClFN2O3. The highest BCUT2D eigenvalue weighted by molar-refractivity contribution is 5.41. The summed E-state index contributed by atoms with van der Waals surface area (Å²) in [4.78, 5) is 0.